The first-order valence-corrected chi connectivity index (χ1v) is 6.48. The van der Waals surface area contributed by atoms with Gasteiger partial charge in [0.2, 0.25) is 0 Å². The second kappa shape index (κ2) is 6.37. The number of halogens is 4. The fourth-order valence-corrected chi connectivity index (χ4v) is 2.01. The molecule has 0 aliphatic carbocycles. The van der Waals surface area contributed by atoms with E-state index in [-0.39, 0.29) is 12.4 Å². The summed E-state index contributed by atoms with van der Waals surface area (Å²) in [5, 5.41) is 10.4. The Morgan fingerprint density at radius 2 is 1.67 bits per heavy atom. The molecule has 2 aromatic carbocycles. The quantitative estimate of drug-likeness (QED) is 0.901. The Bertz CT molecular complexity index is 597. The molecule has 2 aromatic rings. The Labute approximate surface area is 124 Å². The largest absolute Gasteiger partial charge is 0.491 e. The smallest absolute Gasteiger partial charge is 0.416 e. The highest BCUT2D eigenvalue weighted by Crippen LogP contribution is 2.30. The lowest BCUT2D eigenvalue weighted by molar-refractivity contribution is -0.137. The minimum Gasteiger partial charge on any atom is -0.491 e. The Kier molecular flexibility index (Phi) is 4.75. The van der Waals surface area contributed by atoms with Crippen LogP contribution in [0.2, 0.25) is 5.02 Å². The van der Waals surface area contributed by atoms with E-state index in [1.54, 1.807) is 24.3 Å². The van der Waals surface area contributed by atoms with Gasteiger partial charge in [-0.2, -0.15) is 13.2 Å². The molecule has 0 aliphatic heterocycles. The lowest BCUT2D eigenvalue weighted by Gasteiger charge is -2.14. The van der Waals surface area contributed by atoms with Gasteiger partial charge in [0.25, 0.3) is 0 Å². The van der Waals surface area contributed by atoms with Crippen LogP contribution in [0.25, 0.3) is 0 Å². The van der Waals surface area contributed by atoms with E-state index in [0.29, 0.717) is 10.6 Å². The molecular formula is C15H12ClF3O2. The molecule has 0 spiro atoms. The zero-order valence-corrected chi connectivity index (χ0v) is 11.5. The molecule has 0 saturated heterocycles. The molecule has 0 heterocycles. The van der Waals surface area contributed by atoms with Crippen LogP contribution in [0.15, 0.2) is 48.5 Å². The van der Waals surface area contributed by atoms with Crippen LogP contribution in [-0.4, -0.2) is 11.7 Å². The third kappa shape index (κ3) is 4.12. The fourth-order valence-electron chi connectivity index (χ4n) is 1.75. The average Bonchev–Trinajstić information content (AvgIpc) is 2.45. The molecule has 2 nitrogen and oxygen atoms in total. The molecule has 0 saturated carbocycles. The Hall–Kier alpha value is -1.72. The van der Waals surface area contributed by atoms with Crippen LogP contribution in [0, 0.1) is 0 Å². The average molecular weight is 317 g/mol. The number of rotatable bonds is 4. The number of ether oxygens (including phenoxy) is 1. The van der Waals surface area contributed by atoms with Gasteiger partial charge >= 0.3 is 6.18 Å². The van der Waals surface area contributed by atoms with E-state index in [1.807, 2.05) is 0 Å². The molecule has 6 heteroatoms. The third-order valence-corrected chi connectivity index (χ3v) is 3.20. The van der Waals surface area contributed by atoms with Crippen molar-refractivity contribution in [3.05, 3.63) is 64.7 Å². The first-order valence-electron chi connectivity index (χ1n) is 6.10. The number of alkyl halides is 3. The predicted molar refractivity (Wildman–Crippen MR) is 73.4 cm³/mol. The van der Waals surface area contributed by atoms with Crippen LogP contribution < -0.4 is 4.74 Å². The molecule has 2 rings (SSSR count). The molecule has 0 aromatic heterocycles. The van der Waals surface area contributed by atoms with Crippen LogP contribution in [0.3, 0.4) is 0 Å². The SMILES string of the molecule is OC(COc1ccc(C(F)(F)F)cc1)c1ccccc1Cl. The van der Waals surface area contributed by atoms with E-state index in [1.165, 1.54) is 12.1 Å². The summed E-state index contributed by atoms with van der Waals surface area (Å²) in [6.45, 7) is -0.102. The maximum atomic E-state index is 12.4. The van der Waals surface area contributed by atoms with Gasteiger partial charge in [-0.1, -0.05) is 29.8 Å². The summed E-state index contributed by atoms with van der Waals surface area (Å²) in [6, 6.07) is 11.0. The molecule has 21 heavy (non-hydrogen) atoms. The van der Waals surface area contributed by atoms with E-state index in [4.69, 9.17) is 16.3 Å². The molecule has 0 bridgehead atoms. The summed E-state index contributed by atoms with van der Waals surface area (Å²) in [5.74, 6) is 0.245. The maximum Gasteiger partial charge on any atom is 0.416 e. The Morgan fingerprint density at radius 1 is 1.05 bits per heavy atom. The number of hydrogen-bond acceptors (Lipinski definition) is 2. The zero-order valence-electron chi connectivity index (χ0n) is 10.8. The minimum absolute atomic E-state index is 0.102. The van der Waals surface area contributed by atoms with E-state index < -0.39 is 17.8 Å². The zero-order chi connectivity index (χ0) is 15.5. The molecule has 0 amide bonds. The van der Waals surface area contributed by atoms with Gasteiger partial charge in [-0.05, 0) is 30.3 Å². The first-order chi connectivity index (χ1) is 9.88. The maximum absolute atomic E-state index is 12.4. The van der Waals surface area contributed by atoms with Crippen molar-refractivity contribution in [3.63, 3.8) is 0 Å². The van der Waals surface area contributed by atoms with Crippen molar-refractivity contribution in [3.8, 4) is 5.75 Å². The van der Waals surface area contributed by atoms with Crippen LogP contribution in [-0.2, 0) is 6.18 Å². The van der Waals surface area contributed by atoms with Crippen molar-refractivity contribution in [2.45, 2.75) is 12.3 Å². The normalized spacial score (nSPS) is 13.0. The lowest BCUT2D eigenvalue weighted by Crippen LogP contribution is -2.10. The van der Waals surface area contributed by atoms with E-state index in [0.717, 1.165) is 12.1 Å². The highest BCUT2D eigenvalue weighted by molar-refractivity contribution is 6.31. The fraction of sp³-hybridized carbons (Fsp3) is 0.200. The number of hydrogen-bond donors (Lipinski definition) is 1. The van der Waals surface area contributed by atoms with Crippen LogP contribution in [0.1, 0.15) is 17.2 Å². The molecule has 112 valence electrons. The first kappa shape index (κ1) is 15.7. The van der Waals surface area contributed by atoms with Gasteiger partial charge in [-0.3, -0.25) is 0 Å². The summed E-state index contributed by atoms with van der Waals surface area (Å²) in [7, 11) is 0. The lowest BCUT2D eigenvalue weighted by atomic mass is 10.1. The van der Waals surface area contributed by atoms with Crippen molar-refractivity contribution in [2.75, 3.05) is 6.61 Å². The summed E-state index contributed by atoms with van der Waals surface area (Å²) in [4.78, 5) is 0. The molecule has 1 atom stereocenters. The standard InChI is InChI=1S/C15H12ClF3O2/c16-13-4-2-1-3-12(13)14(20)9-21-11-7-5-10(6-8-11)15(17,18)19/h1-8,14,20H,9H2. The van der Waals surface area contributed by atoms with Crippen molar-refractivity contribution < 1.29 is 23.0 Å². The van der Waals surface area contributed by atoms with Crippen molar-refractivity contribution >= 4 is 11.6 Å². The van der Waals surface area contributed by atoms with Gasteiger partial charge in [-0.25, -0.2) is 0 Å². The second-order valence-electron chi connectivity index (χ2n) is 4.37. The predicted octanol–water partition coefficient (Wildman–Crippen LogP) is 4.47. The van der Waals surface area contributed by atoms with Crippen molar-refractivity contribution in [1.82, 2.24) is 0 Å². The van der Waals surface area contributed by atoms with Crippen LogP contribution in [0.4, 0.5) is 13.2 Å². The molecular weight excluding hydrogens is 305 g/mol. The minimum atomic E-state index is -4.38. The molecule has 0 fully saturated rings. The molecule has 0 aliphatic rings. The van der Waals surface area contributed by atoms with E-state index in [9.17, 15) is 18.3 Å². The second-order valence-corrected chi connectivity index (χ2v) is 4.78. The number of aliphatic hydroxyl groups excluding tert-OH is 1. The topological polar surface area (TPSA) is 29.5 Å². The highest BCUT2D eigenvalue weighted by Gasteiger charge is 2.30. The summed E-state index contributed by atoms with van der Waals surface area (Å²) >= 11 is 5.93. The van der Waals surface area contributed by atoms with E-state index in [2.05, 4.69) is 0 Å². The molecule has 1 unspecified atom stereocenters. The van der Waals surface area contributed by atoms with E-state index >= 15 is 0 Å². The third-order valence-electron chi connectivity index (χ3n) is 2.85. The monoisotopic (exact) mass is 316 g/mol. The van der Waals surface area contributed by atoms with Crippen molar-refractivity contribution in [2.24, 2.45) is 0 Å². The van der Waals surface area contributed by atoms with Gasteiger partial charge in [0, 0.05) is 10.6 Å². The van der Waals surface area contributed by atoms with Crippen LogP contribution in [0.5, 0.6) is 5.75 Å². The molecule has 0 radical (unpaired) electrons. The van der Waals surface area contributed by atoms with Gasteiger partial charge in [0.15, 0.2) is 0 Å². The summed E-state index contributed by atoms with van der Waals surface area (Å²) < 4.78 is 42.5. The molecule has 1 N–H and O–H groups in total. The summed E-state index contributed by atoms with van der Waals surface area (Å²) in [6.07, 6.45) is -5.34. The van der Waals surface area contributed by atoms with Gasteiger partial charge in [0.1, 0.15) is 18.5 Å². The highest BCUT2D eigenvalue weighted by atomic mass is 35.5. The van der Waals surface area contributed by atoms with Gasteiger partial charge < -0.3 is 9.84 Å². The van der Waals surface area contributed by atoms with Crippen LogP contribution >= 0.6 is 11.6 Å². The van der Waals surface area contributed by atoms with Crippen molar-refractivity contribution in [1.29, 1.82) is 0 Å². The summed E-state index contributed by atoms with van der Waals surface area (Å²) in [5.41, 5.74) is -0.243. The van der Waals surface area contributed by atoms with Gasteiger partial charge in [-0.15, -0.1) is 0 Å². The van der Waals surface area contributed by atoms with Gasteiger partial charge in [0.05, 0.1) is 5.56 Å². The number of aliphatic hydroxyl groups is 1. The Balaban J connectivity index is 1.99. The number of benzene rings is 2. The Morgan fingerprint density at radius 3 is 2.24 bits per heavy atom.